The van der Waals surface area contributed by atoms with Crippen LogP contribution in [0.3, 0.4) is 0 Å². The van der Waals surface area contributed by atoms with E-state index in [1.54, 1.807) is 42.7 Å². The Morgan fingerprint density at radius 2 is 1.66 bits per heavy atom. The number of oxazole rings is 1. The molecule has 0 aliphatic rings. The van der Waals surface area contributed by atoms with E-state index < -0.39 is 0 Å². The van der Waals surface area contributed by atoms with Crippen LogP contribution >= 0.6 is 0 Å². The highest BCUT2D eigenvalue weighted by molar-refractivity contribution is 6.31. The molecule has 4 nitrogen and oxygen atoms in total. The molecule has 1 heterocycles. The van der Waals surface area contributed by atoms with Gasteiger partial charge in [-0.15, -0.1) is 0 Å². The summed E-state index contributed by atoms with van der Waals surface area (Å²) in [7, 11) is 0. The Hall–Kier alpha value is -3.92. The molecule has 1 aromatic heterocycles. The maximum atomic E-state index is 13.3. The number of fused-ring (bicyclic) bond motifs is 1. The number of Topliss-reactive ketones (excluding diaryl/α,β-unsaturated/α-hetero) is 1. The van der Waals surface area contributed by atoms with E-state index in [2.05, 4.69) is 4.98 Å². The molecule has 0 spiro atoms. The smallest absolute Gasteiger partial charge is 0.231 e. The number of allylic oxidation sites excluding steroid dienone is 2. The van der Waals surface area contributed by atoms with Gasteiger partial charge in [-0.25, -0.2) is 4.98 Å². The number of nitrogens with zero attached hydrogens (tertiary/aromatic N) is 1. The minimum absolute atomic E-state index is 0.169. The average Bonchev–Trinajstić information content (AvgIpc) is 3.20. The minimum Gasteiger partial charge on any atom is -0.465 e. The molecule has 4 aromatic rings. The number of aromatic nitrogens is 1. The van der Waals surface area contributed by atoms with E-state index in [1.807, 2.05) is 61.5 Å². The summed E-state index contributed by atoms with van der Waals surface area (Å²) in [5.74, 6) is 0.794. The molecule has 142 valence electrons. The van der Waals surface area contributed by atoms with Gasteiger partial charge in [0.25, 0.3) is 0 Å². The Labute approximate surface area is 168 Å². The van der Waals surface area contributed by atoms with Crippen LogP contribution in [0.1, 0.15) is 28.7 Å². The van der Waals surface area contributed by atoms with Crippen LogP contribution in [-0.2, 0) is 0 Å². The molecule has 3 aromatic carbocycles. The van der Waals surface area contributed by atoms with Crippen molar-refractivity contribution in [1.29, 1.82) is 0 Å². The quantitative estimate of drug-likeness (QED) is 0.228. The monoisotopic (exact) mass is 381 g/mol. The lowest BCUT2D eigenvalue weighted by Gasteiger charge is -2.05. The molecule has 0 unspecified atom stereocenters. The summed E-state index contributed by atoms with van der Waals surface area (Å²) in [6.07, 6.45) is 5.19. The minimum atomic E-state index is -0.169. The van der Waals surface area contributed by atoms with Crippen LogP contribution in [0.4, 0.5) is 0 Å². The standard InChI is InChI=1S/C25H19NO3/c1-2-16-28-20-14-12-19(13-15-20)24(27)21(17-18-8-4-3-5-9-18)25-26-22-10-6-7-11-23(22)29-25/h2-17H,1H3. The predicted molar refractivity (Wildman–Crippen MR) is 115 cm³/mol. The number of ketones is 1. The number of rotatable bonds is 6. The molecule has 0 aliphatic carbocycles. The summed E-state index contributed by atoms with van der Waals surface area (Å²) in [4.78, 5) is 17.9. The molecule has 0 atom stereocenters. The molecule has 4 heteroatoms. The van der Waals surface area contributed by atoms with Gasteiger partial charge in [0.1, 0.15) is 11.3 Å². The first-order chi connectivity index (χ1) is 14.2. The highest BCUT2D eigenvalue weighted by atomic mass is 16.5. The van der Waals surface area contributed by atoms with Gasteiger partial charge in [0.05, 0.1) is 11.8 Å². The van der Waals surface area contributed by atoms with Gasteiger partial charge in [0.2, 0.25) is 5.89 Å². The van der Waals surface area contributed by atoms with Gasteiger partial charge >= 0.3 is 0 Å². The largest absolute Gasteiger partial charge is 0.465 e. The van der Waals surface area contributed by atoms with Crippen LogP contribution < -0.4 is 4.74 Å². The molecule has 0 amide bonds. The highest BCUT2D eigenvalue weighted by Crippen LogP contribution is 2.27. The van der Waals surface area contributed by atoms with Crippen LogP contribution in [0.25, 0.3) is 22.7 Å². The molecule has 0 aliphatic heterocycles. The Morgan fingerprint density at radius 1 is 0.931 bits per heavy atom. The molecule has 0 saturated carbocycles. The molecule has 29 heavy (non-hydrogen) atoms. The van der Waals surface area contributed by atoms with Gasteiger partial charge in [-0.3, -0.25) is 4.79 Å². The van der Waals surface area contributed by atoms with Gasteiger partial charge in [-0.05, 0) is 55.0 Å². The first-order valence-electron chi connectivity index (χ1n) is 9.30. The summed E-state index contributed by atoms with van der Waals surface area (Å²) < 4.78 is 11.3. The second-order valence-corrected chi connectivity index (χ2v) is 6.40. The van der Waals surface area contributed by atoms with E-state index >= 15 is 0 Å². The van der Waals surface area contributed by atoms with Crippen LogP contribution in [-0.4, -0.2) is 10.8 Å². The zero-order valence-electron chi connectivity index (χ0n) is 15.9. The number of para-hydroxylation sites is 2. The number of benzene rings is 3. The average molecular weight is 381 g/mol. The van der Waals surface area contributed by atoms with Crippen molar-refractivity contribution in [3.63, 3.8) is 0 Å². The summed E-state index contributed by atoms with van der Waals surface area (Å²) in [5, 5.41) is 0. The first kappa shape index (κ1) is 18.4. The second kappa shape index (κ2) is 8.40. The van der Waals surface area contributed by atoms with E-state index in [1.165, 1.54) is 0 Å². The lowest BCUT2D eigenvalue weighted by atomic mass is 10.0. The molecule has 0 N–H and O–H groups in total. The Morgan fingerprint density at radius 3 is 2.38 bits per heavy atom. The lowest BCUT2D eigenvalue weighted by Crippen LogP contribution is -2.03. The maximum absolute atomic E-state index is 13.3. The fourth-order valence-corrected chi connectivity index (χ4v) is 2.91. The molecule has 0 bridgehead atoms. The molecule has 0 radical (unpaired) electrons. The van der Waals surface area contributed by atoms with Crippen molar-refractivity contribution < 1.29 is 13.9 Å². The molecular weight excluding hydrogens is 362 g/mol. The van der Waals surface area contributed by atoms with Crippen molar-refractivity contribution in [2.24, 2.45) is 0 Å². The van der Waals surface area contributed by atoms with Gasteiger partial charge in [0, 0.05) is 5.56 Å². The van der Waals surface area contributed by atoms with Gasteiger partial charge in [0.15, 0.2) is 11.4 Å². The van der Waals surface area contributed by atoms with E-state index in [4.69, 9.17) is 9.15 Å². The lowest BCUT2D eigenvalue weighted by molar-refractivity contribution is 0.105. The Kier molecular flexibility index (Phi) is 5.34. The molecule has 0 saturated heterocycles. The summed E-state index contributed by atoms with van der Waals surface area (Å²) >= 11 is 0. The zero-order chi connectivity index (χ0) is 20.1. The van der Waals surface area contributed by atoms with E-state index in [-0.39, 0.29) is 5.78 Å². The number of carbonyl (C=O) groups is 1. The molecule has 0 fully saturated rings. The third kappa shape index (κ3) is 4.17. The van der Waals surface area contributed by atoms with Crippen LogP contribution in [0.2, 0.25) is 0 Å². The Bertz CT molecular complexity index is 1150. The summed E-state index contributed by atoms with van der Waals surface area (Å²) in [6, 6.07) is 24.1. The summed E-state index contributed by atoms with van der Waals surface area (Å²) in [5.41, 5.74) is 3.18. The topological polar surface area (TPSA) is 52.3 Å². The highest BCUT2D eigenvalue weighted by Gasteiger charge is 2.20. The second-order valence-electron chi connectivity index (χ2n) is 6.40. The van der Waals surface area contributed by atoms with Crippen molar-refractivity contribution >= 4 is 28.5 Å². The summed E-state index contributed by atoms with van der Waals surface area (Å²) in [6.45, 7) is 1.87. The third-order valence-electron chi connectivity index (χ3n) is 4.34. The predicted octanol–water partition coefficient (Wildman–Crippen LogP) is 6.16. The maximum Gasteiger partial charge on any atom is 0.231 e. The van der Waals surface area contributed by atoms with Crippen LogP contribution in [0.5, 0.6) is 5.75 Å². The number of ether oxygens (including phenoxy) is 1. The SMILES string of the molecule is CC=COc1ccc(C(=O)C(=Cc2ccccc2)c2nc3ccccc3o2)cc1. The normalized spacial score (nSPS) is 11.8. The zero-order valence-corrected chi connectivity index (χ0v) is 15.9. The molecular formula is C25H19NO3. The Balaban J connectivity index is 1.75. The van der Waals surface area contributed by atoms with Crippen LogP contribution in [0.15, 0.2) is 95.6 Å². The van der Waals surface area contributed by atoms with E-state index in [9.17, 15) is 4.79 Å². The number of hydrogen-bond acceptors (Lipinski definition) is 4. The van der Waals surface area contributed by atoms with Crippen molar-refractivity contribution in [2.75, 3.05) is 0 Å². The van der Waals surface area contributed by atoms with Gasteiger partial charge < -0.3 is 9.15 Å². The molecule has 4 rings (SSSR count). The van der Waals surface area contributed by atoms with Gasteiger partial charge in [-0.2, -0.15) is 0 Å². The fraction of sp³-hybridized carbons (Fsp3) is 0.0400. The first-order valence-corrected chi connectivity index (χ1v) is 9.30. The number of hydrogen-bond donors (Lipinski definition) is 0. The van der Waals surface area contributed by atoms with Crippen molar-refractivity contribution in [1.82, 2.24) is 4.98 Å². The van der Waals surface area contributed by atoms with E-state index in [0.717, 1.165) is 5.56 Å². The third-order valence-corrected chi connectivity index (χ3v) is 4.34. The van der Waals surface area contributed by atoms with Crippen LogP contribution in [0, 0.1) is 0 Å². The van der Waals surface area contributed by atoms with Crippen molar-refractivity contribution in [3.05, 3.63) is 108 Å². The van der Waals surface area contributed by atoms with Crippen molar-refractivity contribution in [3.8, 4) is 5.75 Å². The van der Waals surface area contributed by atoms with Gasteiger partial charge in [-0.1, -0.05) is 48.5 Å². The van der Waals surface area contributed by atoms with E-state index in [0.29, 0.717) is 33.9 Å². The number of carbonyl (C=O) groups excluding carboxylic acids is 1. The fourth-order valence-electron chi connectivity index (χ4n) is 2.91. The van der Waals surface area contributed by atoms with Crippen molar-refractivity contribution in [2.45, 2.75) is 6.92 Å².